The lowest BCUT2D eigenvalue weighted by Crippen LogP contribution is -2.42. The van der Waals surface area contributed by atoms with E-state index in [0.717, 1.165) is 18.9 Å². The van der Waals surface area contributed by atoms with E-state index in [9.17, 15) is 14.0 Å². The summed E-state index contributed by atoms with van der Waals surface area (Å²) in [5.41, 5.74) is -0.145. The van der Waals surface area contributed by atoms with Crippen molar-refractivity contribution in [1.82, 2.24) is 14.5 Å². The third-order valence-corrected chi connectivity index (χ3v) is 4.65. The Hall–Kier alpha value is -1.99. The molecule has 2 aromatic heterocycles. The van der Waals surface area contributed by atoms with E-state index in [1.165, 1.54) is 0 Å². The summed E-state index contributed by atoms with van der Waals surface area (Å²) < 4.78 is 20.8. The van der Waals surface area contributed by atoms with E-state index in [2.05, 4.69) is 4.98 Å². The average molecular weight is 352 g/mol. The third-order valence-electron chi connectivity index (χ3n) is 4.38. The van der Waals surface area contributed by atoms with Crippen LogP contribution < -0.4 is 5.43 Å². The van der Waals surface area contributed by atoms with Crippen molar-refractivity contribution in [2.24, 2.45) is 0 Å². The molecule has 0 atom stereocenters. The smallest absolute Gasteiger partial charge is 0.259 e. The van der Waals surface area contributed by atoms with Crippen molar-refractivity contribution in [1.29, 1.82) is 0 Å². The van der Waals surface area contributed by atoms with Gasteiger partial charge in [0, 0.05) is 25.3 Å². The quantitative estimate of drug-likeness (QED) is 0.776. The summed E-state index contributed by atoms with van der Waals surface area (Å²) in [5.74, 6) is -1.12. The zero-order valence-electron chi connectivity index (χ0n) is 12.8. The zero-order chi connectivity index (χ0) is 16.8. The van der Waals surface area contributed by atoms with Gasteiger partial charge in [-0.25, -0.2) is 9.37 Å². The molecule has 126 valence electrons. The third kappa shape index (κ3) is 2.57. The van der Waals surface area contributed by atoms with Crippen LogP contribution in [0.3, 0.4) is 0 Å². The highest BCUT2D eigenvalue weighted by Crippen LogP contribution is 2.37. The molecule has 0 unspecified atom stereocenters. The van der Waals surface area contributed by atoms with E-state index in [0.29, 0.717) is 32.0 Å². The van der Waals surface area contributed by atoms with E-state index in [4.69, 9.17) is 16.3 Å². The van der Waals surface area contributed by atoms with Gasteiger partial charge >= 0.3 is 0 Å². The number of aromatic nitrogens is 2. The van der Waals surface area contributed by atoms with E-state index < -0.39 is 11.2 Å². The average Bonchev–Trinajstić information content (AvgIpc) is 3.42. The molecule has 1 saturated carbocycles. The molecule has 24 heavy (non-hydrogen) atoms. The first-order valence-electron chi connectivity index (χ1n) is 7.84. The monoisotopic (exact) mass is 351 g/mol. The Kier molecular flexibility index (Phi) is 3.77. The number of hydrogen-bond acceptors (Lipinski definition) is 4. The molecule has 0 bridgehead atoms. The van der Waals surface area contributed by atoms with Crippen LogP contribution in [0.25, 0.3) is 11.0 Å². The number of nitrogens with zero attached hydrogens (tertiary/aromatic N) is 3. The molecule has 6 nitrogen and oxygen atoms in total. The van der Waals surface area contributed by atoms with Gasteiger partial charge in [0.1, 0.15) is 11.2 Å². The SMILES string of the molecule is O=C(c1cn(C2CC2)c2nc(Cl)c(F)cc2c1=O)N1CCOCC1. The predicted octanol–water partition coefficient (Wildman–Crippen LogP) is 2.00. The highest BCUT2D eigenvalue weighted by molar-refractivity contribution is 6.29. The summed E-state index contributed by atoms with van der Waals surface area (Å²) in [4.78, 5) is 31.1. The maximum absolute atomic E-state index is 13.8. The first kappa shape index (κ1) is 15.5. The number of morpholine rings is 1. The molecule has 8 heteroatoms. The van der Waals surface area contributed by atoms with E-state index in [-0.39, 0.29) is 28.1 Å². The van der Waals surface area contributed by atoms with Crippen LogP contribution >= 0.6 is 11.6 Å². The second-order valence-corrected chi connectivity index (χ2v) is 6.41. The van der Waals surface area contributed by atoms with E-state index >= 15 is 0 Å². The van der Waals surface area contributed by atoms with Crippen molar-refractivity contribution in [3.63, 3.8) is 0 Å². The zero-order valence-corrected chi connectivity index (χ0v) is 13.6. The first-order valence-corrected chi connectivity index (χ1v) is 8.22. The standard InChI is InChI=1S/C16H15ClFN3O3/c17-14-12(18)7-10-13(22)11(16(23)20-3-5-24-6-4-20)8-21(9-1-2-9)15(10)19-14/h7-9H,1-6H2. The summed E-state index contributed by atoms with van der Waals surface area (Å²) >= 11 is 5.77. The minimum atomic E-state index is -0.764. The summed E-state index contributed by atoms with van der Waals surface area (Å²) in [6.45, 7) is 1.77. The van der Waals surface area contributed by atoms with Crippen LogP contribution in [0.2, 0.25) is 5.15 Å². The molecule has 1 aliphatic heterocycles. The topological polar surface area (TPSA) is 64.4 Å². The van der Waals surface area contributed by atoms with Crippen LogP contribution in [0, 0.1) is 5.82 Å². The molecule has 3 heterocycles. The van der Waals surface area contributed by atoms with Gasteiger partial charge in [-0.15, -0.1) is 0 Å². The molecule has 0 radical (unpaired) electrons. The van der Waals surface area contributed by atoms with Gasteiger partial charge in [-0.3, -0.25) is 9.59 Å². The normalized spacial score (nSPS) is 18.2. The molecule has 1 amide bonds. The fourth-order valence-corrected chi connectivity index (χ4v) is 3.08. The van der Waals surface area contributed by atoms with Crippen molar-refractivity contribution >= 4 is 28.5 Å². The Labute approximate surface area is 141 Å². The Morgan fingerprint density at radius 3 is 2.71 bits per heavy atom. The summed E-state index contributed by atoms with van der Waals surface area (Å²) in [6.07, 6.45) is 3.40. The number of ether oxygens (including phenoxy) is 1. The van der Waals surface area contributed by atoms with Gasteiger partial charge < -0.3 is 14.2 Å². The number of amides is 1. The minimum Gasteiger partial charge on any atom is -0.378 e. The van der Waals surface area contributed by atoms with Gasteiger partial charge in [0.05, 0.1) is 18.6 Å². The number of fused-ring (bicyclic) bond motifs is 1. The number of carbonyl (C=O) groups excluding carboxylic acids is 1. The Morgan fingerprint density at radius 1 is 1.33 bits per heavy atom. The van der Waals surface area contributed by atoms with Crippen molar-refractivity contribution in [2.75, 3.05) is 26.3 Å². The highest BCUT2D eigenvalue weighted by atomic mass is 35.5. The van der Waals surface area contributed by atoms with Crippen molar-refractivity contribution < 1.29 is 13.9 Å². The molecule has 2 fully saturated rings. The molecule has 0 spiro atoms. The van der Waals surface area contributed by atoms with Gasteiger partial charge in [0.2, 0.25) is 5.43 Å². The molecule has 0 aromatic carbocycles. The minimum absolute atomic E-state index is 0.0415. The predicted molar refractivity (Wildman–Crippen MR) is 86.0 cm³/mol. The largest absolute Gasteiger partial charge is 0.378 e. The molecule has 1 aliphatic carbocycles. The molecule has 0 N–H and O–H groups in total. The Balaban J connectivity index is 1.89. The lowest BCUT2D eigenvalue weighted by molar-refractivity contribution is 0.0301. The van der Waals surface area contributed by atoms with Gasteiger partial charge in [-0.1, -0.05) is 11.6 Å². The second-order valence-electron chi connectivity index (χ2n) is 6.05. The Bertz CT molecular complexity index is 888. The molecule has 1 saturated heterocycles. The van der Waals surface area contributed by atoms with Crippen molar-refractivity contribution in [3.8, 4) is 0 Å². The summed E-state index contributed by atoms with van der Waals surface area (Å²) in [6, 6.07) is 1.24. The van der Waals surface area contributed by atoms with Gasteiger partial charge in [0.25, 0.3) is 5.91 Å². The number of halogens is 2. The summed E-state index contributed by atoms with van der Waals surface area (Å²) in [7, 11) is 0. The second kappa shape index (κ2) is 5.82. The van der Waals surface area contributed by atoms with Crippen LogP contribution in [0.4, 0.5) is 4.39 Å². The number of pyridine rings is 2. The number of rotatable bonds is 2. The lowest BCUT2D eigenvalue weighted by Gasteiger charge is -2.27. The van der Waals surface area contributed by atoms with Gasteiger partial charge in [-0.2, -0.15) is 0 Å². The first-order chi connectivity index (χ1) is 11.6. The van der Waals surface area contributed by atoms with Crippen molar-refractivity contribution in [2.45, 2.75) is 18.9 Å². The van der Waals surface area contributed by atoms with Gasteiger partial charge in [0.15, 0.2) is 11.0 Å². The van der Waals surface area contributed by atoms with Crippen molar-refractivity contribution in [3.05, 3.63) is 39.0 Å². The van der Waals surface area contributed by atoms with Crippen LogP contribution in [-0.4, -0.2) is 46.7 Å². The maximum atomic E-state index is 13.8. The van der Waals surface area contributed by atoms with E-state index in [1.54, 1.807) is 15.7 Å². The molecular weight excluding hydrogens is 337 g/mol. The fourth-order valence-electron chi connectivity index (χ4n) is 2.95. The highest BCUT2D eigenvalue weighted by Gasteiger charge is 2.29. The number of hydrogen-bond donors (Lipinski definition) is 0. The van der Waals surface area contributed by atoms with Crippen LogP contribution in [0.15, 0.2) is 17.1 Å². The van der Waals surface area contributed by atoms with Crippen LogP contribution in [-0.2, 0) is 4.74 Å². The van der Waals surface area contributed by atoms with Crippen LogP contribution in [0.5, 0.6) is 0 Å². The molecule has 2 aromatic rings. The number of carbonyl (C=O) groups is 1. The molecule has 4 rings (SSSR count). The van der Waals surface area contributed by atoms with Gasteiger partial charge in [-0.05, 0) is 18.9 Å². The molecular formula is C16H15ClFN3O3. The lowest BCUT2D eigenvalue weighted by atomic mass is 10.1. The van der Waals surface area contributed by atoms with Crippen LogP contribution in [0.1, 0.15) is 29.2 Å². The van der Waals surface area contributed by atoms with E-state index in [1.807, 2.05) is 0 Å². The fraction of sp³-hybridized carbons (Fsp3) is 0.438. The maximum Gasteiger partial charge on any atom is 0.259 e. The Morgan fingerprint density at radius 2 is 2.04 bits per heavy atom. The summed E-state index contributed by atoms with van der Waals surface area (Å²) in [5, 5.41) is -0.188. The molecule has 2 aliphatic rings.